The third-order valence-corrected chi connectivity index (χ3v) is 4.43. The summed E-state index contributed by atoms with van der Waals surface area (Å²) >= 11 is 5.59. The SMILES string of the molecule is Cl.NC1(c2noc(/C=C/c3ccc(Cl)c(C(F)(F)F)c3)n2)CCCC1. The summed E-state index contributed by atoms with van der Waals surface area (Å²) in [6, 6.07) is 3.65. The molecule has 1 aliphatic rings. The maximum atomic E-state index is 12.8. The normalized spacial score (nSPS) is 17.0. The Balaban J connectivity index is 0.00000225. The summed E-state index contributed by atoms with van der Waals surface area (Å²) in [6.07, 6.45) is 2.03. The number of aromatic nitrogens is 2. The molecule has 3 rings (SSSR count). The molecule has 1 aromatic carbocycles. The van der Waals surface area contributed by atoms with Gasteiger partial charge in [-0.25, -0.2) is 0 Å². The van der Waals surface area contributed by atoms with E-state index in [0.29, 0.717) is 11.4 Å². The van der Waals surface area contributed by atoms with Crippen LogP contribution in [0.3, 0.4) is 0 Å². The Labute approximate surface area is 153 Å². The lowest BCUT2D eigenvalue weighted by molar-refractivity contribution is -0.137. The van der Waals surface area contributed by atoms with Gasteiger partial charge in [0.25, 0.3) is 5.89 Å². The number of benzene rings is 1. The van der Waals surface area contributed by atoms with Crippen molar-refractivity contribution in [2.75, 3.05) is 0 Å². The highest BCUT2D eigenvalue weighted by Crippen LogP contribution is 2.36. The largest absolute Gasteiger partial charge is 0.417 e. The number of nitrogens with two attached hydrogens (primary N) is 1. The van der Waals surface area contributed by atoms with Crippen molar-refractivity contribution in [3.8, 4) is 0 Å². The molecule has 2 N–H and O–H groups in total. The van der Waals surface area contributed by atoms with E-state index in [4.69, 9.17) is 21.9 Å². The zero-order valence-corrected chi connectivity index (χ0v) is 14.6. The van der Waals surface area contributed by atoms with Crippen molar-refractivity contribution in [1.29, 1.82) is 0 Å². The average Bonchev–Trinajstić information content (AvgIpc) is 3.15. The van der Waals surface area contributed by atoms with E-state index in [2.05, 4.69) is 10.1 Å². The Morgan fingerprint density at radius 1 is 1.20 bits per heavy atom. The van der Waals surface area contributed by atoms with Crippen molar-refractivity contribution in [1.82, 2.24) is 10.1 Å². The fourth-order valence-electron chi connectivity index (χ4n) is 2.77. The first kappa shape index (κ1) is 19.8. The molecule has 136 valence electrons. The molecule has 0 aliphatic heterocycles. The van der Waals surface area contributed by atoms with E-state index in [1.165, 1.54) is 24.3 Å². The molecule has 0 atom stereocenters. The molecule has 1 aromatic heterocycles. The minimum atomic E-state index is -4.51. The van der Waals surface area contributed by atoms with Crippen LogP contribution in [0.5, 0.6) is 0 Å². The maximum Gasteiger partial charge on any atom is 0.417 e. The van der Waals surface area contributed by atoms with Gasteiger partial charge in [-0.1, -0.05) is 35.7 Å². The molecule has 4 nitrogen and oxygen atoms in total. The highest BCUT2D eigenvalue weighted by atomic mass is 35.5. The third-order valence-electron chi connectivity index (χ3n) is 4.10. The van der Waals surface area contributed by atoms with E-state index in [0.717, 1.165) is 31.7 Å². The molecule has 2 aromatic rings. The Bertz CT molecular complexity index is 768. The zero-order valence-electron chi connectivity index (χ0n) is 13.0. The summed E-state index contributed by atoms with van der Waals surface area (Å²) < 4.78 is 43.7. The maximum absolute atomic E-state index is 12.8. The van der Waals surface area contributed by atoms with Crippen molar-refractivity contribution >= 4 is 36.2 Å². The summed E-state index contributed by atoms with van der Waals surface area (Å²) in [4.78, 5) is 4.23. The lowest BCUT2D eigenvalue weighted by Gasteiger charge is -2.17. The van der Waals surface area contributed by atoms with Crippen LogP contribution in [0.15, 0.2) is 22.7 Å². The first-order valence-electron chi connectivity index (χ1n) is 7.46. The molecule has 1 heterocycles. The first-order chi connectivity index (χ1) is 11.3. The van der Waals surface area contributed by atoms with E-state index in [9.17, 15) is 13.2 Å². The summed E-state index contributed by atoms with van der Waals surface area (Å²) in [5.41, 5.74) is 5.11. The number of halogens is 5. The van der Waals surface area contributed by atoms with E-state index >= 15 is 0 Å². The van der Waals surface area contributed by atoms with Crippen molar-refractivity contribution in [3.63, 3.8) is 0 Å². The van der Waals surface area contributed by atoms with Crippen LogP contribution < -0.4 is 5.73 Å². The minimum absolute atomic E-state index is 0. The van der Waals surface area contributed by atoms with Crippen LogP contribution in [0.25, 0.3) is 12.2 Å². The quantitative estimate of drug-likeness (QED) is 0.790. The summed E-state index contributed by atoms with van der Waals surface area (Å²) in [5.74, 6) is 0.636. The van der Waals surface area contributed by atoms with Crippen LogP contribution in [-0.2, 0) is 11.7 Å². The molecular weight excluding hydrogens is 378 g/mol. The van der Waals surface area contributed by atoms with Gasteiger partial charge in [0.2, 0.25) is 0 Å². The zero-order chi connectivity index (χ0) is 17.4. The highest BCUT2D eigenvalue weighted by Gasteiger charge is 2.36. The molecule has 0 bridgehead atoms. The molecule has 0 radical (unpaired) electrons. The average molecular weight is 394 g/mol. The predicted molar refractivity (Wildman–Crippen MR) is 91.3 cm³/mol. The van der Waals surface area contributed by atoms with Gasteiger partial charge in [-0.3, -0.25) is 0 Å². The molecule has 25 heavy (non-hydrogen) atoms. The first-order valence-corrected chi connectivity index (χ1v) is 7.84. The Morgan fingerprint density at radius 3 is 2.52 bits per heavy atom. The second-order valence-corrected chi connectivity index (χ2v) is 6.30. The van der Waals surface area contributed by atoms with Crippen LogP contribution >= 0.6 is 24.0 Å². The number of hydrogen-bond donors (Lipinski definition) is 1. The number of alkyl halides is 3. The summed E-state index contributed by atoms with van der Waals surface area (Å²) in [5, 5.41) is 3.55. The molecule has 9 heteroatoms. The summed E-state index contributed by atoms with van der Waals surface area (Å²) in [7, 11) is 0. The molecule has 0 unspecified atom stereocenters. The molecule has 1 aliphatic carbocycles. The van der Waals surface area contributed by atoms with Gasteiger partial charge in [0.05, 0.1) is 16.1 Å². The van der Waals surface area contributed by atoms with Crippen LogP contribution in [0, 0.1) is 0 Å². The van der Waals surface area contributed by atoms with Crippen LogP contribution in [0.4, 0.5) is 13.2 Å². The number of hydrogen-bond acceptors (Lipinski definition) is 4. The van der Waals surface area contributed by atoms with Gasteiger partial charge in [0.1, 0.15) is 0 Å². The molecule has 0 amide bonds. The summed E-state index contributed by atoms with van der Waals surface area (Å²) in [6.45, 7) is 0. The van der Waals surface area contributed by atoms with Crippen molar-refractivity contribution in [3.05, 3.63) is 46.1 Å². The van der Waals surface area contributed by atoms with Gasteiger partial charge >= 0.3 is 6.18 Å². The fraction of sp³-hybridized carbons (Fsp3) is 0.375. The Hall–Kier alpha value is -1.57. The van der Waals surface area contributed by atoms with Crippen LogP contribution in [0.1, 0.15) is 48.5 Å². The minimum Gasteiger partial charge on any atom is -0.335 e. The third kappa shape index (κ3) is 4.34. The lowest BCUT2D eigenvalue weighted by atomic mass is 9.99. The van der Waals surface area contributed by atoms with Crippen molar-refractivity contribution < 1.29 is 17.7 Å². The number of rotatable bonds is 3. The predicted octanol–water partition coefficient (Wildman–Crippen LogP) is 5.06. The van der Waals surface area contributed by atoms with E-state index in [1.807, 2.05) is 0 Å². The Kier molecular flexibility index (Phi) is 5.81. The smallest absolute Gasteiger partial charge is 0.335 e. The van der Waals surface area contributed by atoms with E-state index in [-0.39, 0.29) is 23.3 Å². The van der Waals surface area contributed by atoms with Gasteiger partial charge in [0.15, 0.2) is 5.82 Å². The molecule has 0 spiro atoms. The van der Waals surface area contributed by atoms with Gasteiger partial charge in [0, 0.05) is 6.08 Å². The molecule has 1 saturated carbocycles. The second kappa shape index (κ2) is 7.35. The van der Waals surface area contributed by atoms with Crippen molar-refractivity contribution in [2.24, 2.45) is 5.73 Å². The van der Waals surface area contributed by atoms with Gasteiger partial charge in [-0.2, -0.15) is 18.2 Å². The van der Waals surface area contributed by atoms with E-state index < -0.39 is 17.3 Å². The number of nitrogens with zero attached hydrogens (tertiary/aromatic N) is 2. The highest BCUT2D eigenvalue weighted by molar-refractivity contribution is 6.31. The monoisotopic (exact) mass is 393 g/mol. The topological polar surface area (TPSA) is 64.9 Å². The molecule has 0 saturated heterocycles. The van der Waals surface area contributed by atoms with Gasteiger partial charge in [-0.15, -0.1) is 12.4 Å². The molecular formula is C16H16Cl2F3N3O. The molecule has 1 fully saturated rings. The lowest BCUT2D eigenvalue weighted by Crippen LogP contribution is -2.34. The standard InChI is InChI=1S/C16H15ClF3N3O.ClH/c17-12-5-3-10(9-11(12)16(18,19)20)4-6-13-22-14(23-24-13)15(21)7-1-2-8-15;/h3-6,9H,1-2,7-8,21H2;1H/b6-4+;. The van der Waals surface area contributed by atoms with Crippen molar-refractivity contribution in [2.45, 2.75) is 37.4 Å². The van der Waals surface area contributed by atoms with Crippen LogP contribution in [-0.4, -0.2) is 10.1 Å². The van der Waals surface area contributed by atoms with Crippen LogP contribution in [0.2, 0.25) is 5.02 Å². The van der Waals surface area contributed by atoms with Gasteiger partial charge in [-0.05, 0) is 36.6 Å². The van der Waals surface area contributed by atoms with E-state index in [1.54, 1.807) is 0 Å². The second-order valence-electron chi connectivity index (χ2n) is 5.89. The fourth-order valence-corrected chi connectivity index (χ4v) is 2.99. The Morgan fingerprint density at radius 2 is 1.88 bits per heavy atom. The van der Waals surface area contributed by atoms with Gasteiger partial charge < -0.3 is 10.3 Å².